The summed E-state index contributed by atoms with van der Waals surface area (Å²) in [5.41, 5.74) is 3.59. The van der Waals surface area contributed by atoms with Crippen LogP contribution in [0.2, 0.25) is 0 Å². The number of aryl methyl sites for hydroxylation is 1. The quantitative estimate of drug-likeness (QED) is 0.520. The molecule has 0 aliphatic carbocycles. The zero-order valence-corrected chi connectivity index (χ0v) is 16.7. The van der Waals surface area contributed by atoms with E-state index >= 15 is 0 Å². The third kappa shape index (κ3) is 3.82. The minimum Gasteiger partial charge on any atom is -0.368 e. The molecule has 0 saturated heterocycles. The van der Waals surface area contributed by atoms with E-state index in [1.165, 1.54) is 0 Å². The highest BCUT2D eigenvalue weighted by atomic mass is 127. The molecule has 0 spiro atoms. The van der Waals surface area contributed by atoms with Crippen molar-refractivity contribution in [2.45, 2.75) is 0 Å². The van der Waals surface area contributed by atoms with E-state index in [0.29, 0.717) is 0 Å². The normalized spacial score (nSPS) is 12.9. The van der Waals surface area contributed by atoms with Crippen LogP contribution in [0.15, 0.2) is 59.7 Å². The Balaban J connectivity index is 0.00000196. The van der Waals surface area contributed by atoms with Crippen molar-refractivity contribution in [3.63, 3.8) is 0 Å². The molecule has 6 nitrogen and oxygen atoms in total. The molecule has 0 radical (unpaired) electrons. The summed E-state index contributed by atoms with van der Waals surface area (Å²) in [6, 6.07) is 15.3. The number of hydrogen-bond donors (Lipinski definition) is 3. The topological polar surface area (TPSA) is 70.5 Å². The lowest BCUT2D eigenvalue weighted by Crippen LogP contribution is -2.21. The van der Waals surface area contributed by atoms with Crippen molar-refractivity contribution in [2.24, 2.45) is 12.0 Å². The molecule has 4 rings (SSSR count). The monoisotopic (exact) mass is 461 g/mol. The molecule has 0 fully saturated rings. The van der Waals surface area contributed by atoms with E-state index in [1.54, 1.807) is 0 Å². The first-order chi connectivity index (χ1) is 12.2. The summed E-state index contributed by atoms with van der Waals surface area (Å²) in [6.07, 6.45) is 2.00. The third-order valence-electron chi connectivity index (χ3n) is 4.21. The molecule has 3 N–H and O–H groups in total. The third-order valence-corrected chi connectivity index (χ3v) is 4.21. The Morgan fingerprint density at radius 1 is 1.12 bits per heavy atom. The van der Waals surface area contributed by atoms with E-state index in [4.69, 9.17) is 0 Å². The Kier molecular flexibility index (Phi) is 5.46. The molecule has 1 aromatic heterocycles. The van der Waals surface area contributed by atoms with Crippen LogP contribution in [0.1, 0.15) is 5.56 Å². The fourth-order valence-corrected chi connectivity index (χ4v) is 2.99. The van der Waals surface area contributed by atoms with Crippen LogP contribution < -0.4 is 16.0 Å². The molecule has 26 heavy (non-hydrogen) atoms. The number of anilines is 2. The fraction of sp³-hybridized carbons (Fsp3) is 0.158. The van der Waals surface area contributed by atoms with Gasteiger partial charge in [-0.2, -0.15) is 0 Å². The van der Waals surface area contributed by atoms with Gasteiger partial charge in [-0.15, -0.1) is 24.0 Å². The predicted octanol–water partition coefficient (Wildman–Crippen LogP) is 3.79. The second kappa shape index (κ2) is 7.77. The van der Waals surface area contributed by atoms with Crippen LogP contribution in [-0.2, 0) is 7.05 Å². The lowest BCUT2D eigenvalue weighted by atomic mass is 10.2. The number of urea groups is 1. The molecule has 1 aliphatic heterocycles. The number of aliphatic imine (C=N–C) groups is 1. The van der Waals surface area contributed by atoms with Gasteiger partial charge in [-0.25, -0.2) is 4.79 Å². The second-order valence-corrected chi connectivity index (χ2v) is 6.02. The summed E-state index contributed by atoms with van der Waals surface area (Å²) < 4.78 is 2.05. The number of carbonyl (C=O) groups excluding carboxylic acids is 1. The minimum absolute atomic E-state index is 0. The molecule has 2 aromatic carbocycles. The number of amides is 2. The van der Waals surface area contributed by atoms with Crippen molar-refractivity contribution >= 4 is 58.1 Å². The molecule has 2 heterocycles. The molecular weight excluding hydrogens is 441 g/mol. The number of halogens is 1. The number of rotatable bonds is 3. The minimum atomic E-state index is -0.270. The smallest absolute Gasteiger partial charge is 0.323 e. The highest BCUT2D eigenvalue weighted by Crippen LogP contribution is 2.20. The molecule has 0 atom stereocenters. The van der Waals surface area contributed by atoms with Gasteiger partial charge in [-0.05, 0) is 36.4 Å². The van der Waals surface area contributed by atoms with E-state index in [-0.39, 0.29) is 30.0 Å². The molecule has 7 heteroatoms. The zero-order valence-electron chi connectivity index (χ0n) is 14.3. The summed E-state index contributed by atoms with van der Waals surface area (Å²) in [7, 11) is 2.00. The van der Waals surface area contributed by atoms with Crippen molar-refractivity contribution < 1.29 is 4.79 Å². The van der Waals surface area contributed by atoms with Crippen molar-refractivity contribution in [2.75, 3.05) is 23.7 Å². The summed E-state index contributed by atoms with van der Waals surface area (Å²) in [5.74, 6) is 0.874. The van der Waals surface area contributed by atoms with E-state index in [1.807, 2.05) is 66.3 Å². The Morgan fingerprint density at radius 2 is 1.92 bits per heavy atom. The molecule has 134 valence electrons. The number of amidine groups is 1. The van der Waals surface area contributed by atoms with Crippen LogP contribution in [0.25, 0.3) is 10.9 Å². The highest BCUT2D eigenvalue weighted by Gasteiger charge is 2.10. The van der Waals surface area contributed by atoms with Crippen LogP contribution in [0.4, 0.5) is 16.2 Å². The summed E-state index contributed by atoms with van der Waals surface area (Å²) in [4.78, 5) is 16.7. The zero-order chi connectivity index (χ0) is 17.2. The van der Waals surface area contributed by atoms with Gasteiger partial charge in [0.15, 0.2) is 0 Å². The molecule has 0 bridgehead atoms. The fourth-order valence-electron chi connectivity index (χ4n) is 2.99. The van der Waals surface area contributed by atoms with E-state index in [2.05, 4.69) is 20.9 Å². The summed E-state index contributed by atoms with van der Waals surface area (Å²) >= 11 is 0. The maximum atomic E-state index is 12.3. The van der Waals surface area contributed by atoms with Gasteiger partial charge in [0.1, 0.15) is 5.84 Å². The summed E-state index contributed by atoms with van der Waals surface area (Å²) in [5, 5.41) is 10.1. The molecule has 1 aliphatic rings. The maximum Gasteiger partial charge on any atom is 0.323 e. The van der Waals surface area contributed by atoms with Crippen LogP contribution in [0, 0.1) is 0 Å². The standard InChI is InChI=1S/C19H19N5O.HI/c1-24-10-7-13-11-16(5-6-17(13)24)23-19(25)22-15-4-2-3-14(12-15)18-20-8-9-21-18;/h2-7,10-12H,8-9H2,1H3,(H,20,21)(H2,22,23,25);1H. The molecule has 2 amide bonds. The second-order valence-electron chi connectivity index (χ2n) is 6.02. The van der Waals surface area contributed by atoms with E-state index < -0.39 is 0 Å². The molecule has 0 unspecified atom stereocenters. The Morgan fingerprint density at radius 3 is 2.69 bits per heavy atom. The van der Waals surface area contributed by atoms with Crippen LogP contribution >= 0.6 is 24.0 Å². The van der Waals surface area contributed by atoms with Gasteiger partial charge in [0, 0.05) is 47.6 Å². The van der Waals surface area contributed by atoms with E-state index in [0.717, 1.165) is 46.8 Å². The number of nitrogens with zero attached hydrogens (tertiary/aromatic N) is 2. The number of aromatic nitrogens is 1. The van der Waals surface area contributed by atoms with Crippen LogP contribution in [0.3, 0.4) is 0 Å². The number of carbonyl (C=O) groups is 1. The van der Waals surface area contributed by atoms with Gasteiger partial charge >= 0.3 is 6.03 Å². The first-order valence-electron chi connectivity index (χ1n) is 8.21. The Hall–Kier alpha value is -2.55. The number of fused-ring (bicyclic) bond motifs is 1. The van der Waals surface area contributed by atoms with Gasteiger partial charge in [-0.1, -0.05) is 12.1 Å². The Labute approximate surface area is 168 Å². The SMILES string of the molecule is Cn1ccc2cc(NC(=O)Nc3cccc(C4=NCCN4)c3)ccc21.I. The average molecular weight is 461 g/mol. The predicted molar refractivity (Wildman–Crippen MR) is 117 cm³/mol. The van der Waals surface area contributed by atoms with Crippen LogP contribution in [0.5, 0.6) is 0 Å². The van der Waals surface area contributed by atoms with Crippen molar-refractivity contribution in [3.8, 4) is 0 Å². The van der Waals surface area contributed by atoms with Crippen molar-refractivity contribution in [1.82, 2.24) is 9.88 Å². The van der Waals surface area contributed by atoms with Crippen LogP contribution in [-0.4, -0.2) is 29.5 Å². The molecular formula is C19H20IN5O. The average Bonchev–Trinajstić information content (AvgIpc) is 3.25. The molecule has 3 aromatic rings. The first kappa shape index (κ1) is 18.2. The Bertz CT molecular complexity index is 979. The number of nitrogens with one attached hydrogen (secondary N) is 3. The first-order valence-corrected chi connectivity index (χ1v) is 8.21. The maximum absolute atomic E-state index is 12.3. The molecule has 0 saturated carbocycles. The number of hydrogen-bond acceptors (Lipinski definition) is 3. The highest BCUT2D eigenvalue weighted by molar-refractivity contribution is 14.0. The lowest BCUT2D eigenvalue weighted by Gasteiger charge is -2.10. The summed E-state index contributed by atoms with van der Waals surface area (Å²) in [6.45, 7) is 1.64. The van der Waals surface area contributed by atoms with Gasteiger partial charge in [-0.3, -0.25) is 4.99 Å². The van der Waals surface area contributed by atoms with Gasteiger partial charge < -0.3 is 20.5 Å². The van der Waals surface area contributed by atoms with Gasteiger partial charge in [0.05, 0.1) is 6.54 Å². The largest absolute Gasteiger partial charge is 0.368 e. The van der Waals surface area contributed by atoms with Crippen molar-refractivity contribution in [1.29, 1.82) is 0 Å². The van der Waals surface area contributed by atoms with Gasteiger partial charge in [0.2, 0.25) is 0 Å². The van der Waals surface area contributed by atoms with Crippen molar-refractivity contribution in [3.05, 3.63) is 60.3 Å². The number of benzene rings is 2. The van der Waals surface area contributed by atoms with E-state index in [9.17, 15) is 4.79 Å². The lowest BCUT2D eigenvalue weighted by molar-refractivity contribution is 0.262. The van der Waals surface area contributed by atoms with Gasteiger partial charge in [0.25, 0.3) is 0 Å².